The van der Waals surface area contributed by atoms with Gasteiger partial charge in [-0.25, -0.2) is 0 Å². The van der Waals surface area contributed by atoms with Gasteiger partial charge in [-0.05, 0) is 13.3 Å². The van der Waals surface area contributed by atoms with Gasteiger partial charge < -0.3 is 0 Å². The maximum absolute atomic E-state index is 11.3. The zero-order chi connectivity index (χ0) is 8.85. The summed E-state index contributed by atoms with van der Waals surface area (Å²) in [5, 5.41) is 0. The largest absolute Gasteiger partial charge is 0.298 e. The number of rotatable bonds is 5. The molecule has 0 amide bonds. The van der Waals surface area contributed by atoms with E-state index in [0.29, 0.717) is 18.2 Å². The number of Topliss-reactive ketones (excluding diaryl/α,β-unsaturated/α-hetero) is 1. The molecule has 0 spiro atoms. The Hall–Kier alpha value is 0.730. The van der Waals surface area contributed by atoms with E-state index in [2.05, 4.69) is 15.9 Å². The van der Waals surface area contributed by atoms with Gasteiger partial charge in [-0.1, -0.05) is 15.9 Å². The quantitative estimate of drug-likeness (QED) is 0.696. The average Bonchev–Trinajstić information content (AvgIpc) is 1.98. The van der Waals surface area contributed by atoms with Gasteiger partial charge >= 0.3 is 0 Å². The third-order valence-electron chi connectivity index (χ3n) is 1.44. The Kier molecular flexibility index (Phi) is 6.68. The minimum Gasteiger partial charge on any atom is -0.298 e. The Bertz CT molecular complexity index is 128. The Balaban J connectivity index is 3.92. The van der Waals surface area contributed by atoms with Crippen molar-refractivity contribution in [3.8, 4) is 0 Å². The Labute approximate surface area is 85.6 Å². The predicted molar refractivity (Wildman–Crippen MR) is 52.9 cm³/mol. The molecule has 0 aliphatic heterocycles. The molecule has 0 heterocycles. The first-order valence-corrected chi connectivity index (χ1v) is 5.41. The highest BCUT2D eigenvalue weighted by atomic mass is 79.9. The van der Waals surface area contributed by atoms with E-state index < -0.39 is 0 Å². The predicted octanol–water partition coefficient (Wildman–Crippen LogP) is 2.82. The van der Waals surface area contributed by atoms with Crippen LogP contribution in [0.2, 0.25) is 0 Å². The van der Waals surface area contributed by atoms with Gasteiger partial charge in [-0.2, -0.15) is 0 Å². The Morgan fingerprint density at radius 1 is 1.55 bits per heavy atom. The Morgan fingerprint density at radius 2 is 2.09 bits per heavy atom. The van der Waals surface area contributed by atoms with Gasteiger partial charge in [-0.15, -0.1) is 23.2 Å². The van der Waals surface area contributed by atoms with Crippen LogP contribution >= 0.6 is 39.1 Å². The fraction of sp³-hybridized carbons (Fsp3) is 0.857. The number of alkyl halides is 3. The first-order valence-electron chi connectivity index (χ1n) is 3.43. The molecule has 0 rings (SSSR count). The molecule has 11 heavy (non-hydrogen) atoms. The molecule has 2 atom stereocenters. The van der Waals surface area contributed by atoms with Crippen LogP contribution < -0.4 is 0 Å². The molecule has 0 fully saturated rings. The van der Waals surface area contributed by atoms with Crippen LogP contribution in [0, 0.1) is 5.92 Å². The molecule has 0 aromatic rings. The van der Waals surface area contributed by atoms with Gasteiger partial charge in [0.15, 0.2) is 0 Å². The molecule has 4 heteroatoms. The van der Waals surface area contributed by atoms with Gasteiger partial charge in [0.2, 0.25) is 0 Å². The summed E-state index contributed by atoms with van der Waals surface area (Å²) in [4.78, 5) is 11.2. The monoisotopic (exact) mass is 260 g/mol. The molecule has 0 N–H and O–H groups in total. The molecule has 0 bridgehead atoms. The molecule has 0 aromatic carbocycles. The van der Waals surface area contributed by atoms with Gasteiger partial charge in [0.25, 0.3) is 0 Å². The van der Waals surface area contributed by atoms with Crippen molar-refractivity contribution in [3.05, 3.63) is 0 Å². The van der Waals surface area contributed by atoms with E-state index in [-0.39, 0.29) is 16.5 Å². The van der Waals surface area contributed by atoms with Crippen molar-refractivity contribution in [2.75, 3.05) is 11.8 Å². The van der Waals surface area contributed by atoms with Gasteiger partial charge in [0.1, 0.15) is 5.78 Å². The van der Waals surface area contributed by atoms with Crippen molar-refractivity contribution in [2.24, 2.45) is 5.92 Å². The highest BCUT2D eigenvalue weighted by Crippen LogP contribution is 2.14. The van der Waals surface area contributed by atoms with Crippen LogP contribution in [0.15, 0.2) is 0 Å². The summed E-state index contributed by atoms with van der Waals surface area (Å²) in [6, 6.07) is 0. The normalized spacial score (nSPS) is 16.0. The first-order chi connectivity index (χ1) is 5.13. The van der Waals surface area contributed by atoms with Crippen LogP contribution in [0.25, 0.3) is 0 Å². The zero-order valence-corrected chi connectivity index (χ0v) is 9.42. The lowest BCUT2D eigenvalue weighted by Crippen LogP contribution is -2.23. The fourth-order valence-electron chi connectivity index (χ4n) is 0.752. The summed E-state index contributed by atoms with van der Waals surface area (Å²) >= 11 is 14.3. The number of hydrogen-bond donors (Lipinski definition) is 0. The van der Waals surface area contributed by atoms with Crippen LogP contribution in [-0.2, 0) is 4.79 Å². The third-order valence-corrected chi connectivity index (χ3v) is 2.48. The van der Waals surface area contributed by atoms with Crippen LogP contribution in [0.4, 0.5) is 0 Å². The molecule has 0 aliphatic rings. The Morgan fingerprint density at radius 3 is 2.36 bits per heavy atom. The second kappa shape index (κ2) is 6.27. The molecule has 0 saturated heterocycles. The van der Waals surface area contributed by atoms with E-state index in [1.54, 1.807) is 6.92 Å². The number of hydrogen-bond acceptors (Lipinski definition) is 1. The summed E-state index contributed by atoms with van der Waals surface area (Å²) < 4.78 is 0. The topological polar surface area (TPSA) is 17.1 Å². The molecule has 1 nitrogen and oxygen atoms in total. The molecule has 0 aromatic heterocycles. The van der Waals surface area contributed by atoms with E-state index in [0.717, 1.165) is 0 Å². The summed E-state index contributed by atoms with van der Waals surface area (Å²) in [7, 11) is 0. The SMILES string of the molecule is CC(Br)C(=O)C(CCl)CCCl. The van der Waals surface area contributed by atoms with Crippen molar-refractivity contribution in [1.29, 1.82) is 0 Å². The third kappa shape index (κ3) is 4.34. The second-order valence-electron chi connectivity index (χ2n) is 2.35. The molecular weight excluding hydrogens is 251 g/mol. The van der Waals surface area contributed by atoms with Crippen molar-refractivity contribution >= 4 is 44.9 Å². The summed E-state index contributed by atoms with van der Waals surface area (Å²) in [6.45, 7) is 1.80. The molecule has 0 radical (unpaired) electrons. The molecule has 0 saturated carbocycles. The number of ketones is 1. The van der Waals surface area contributed by atoms with Crippen LogP contribution in [0.1, 0.15) is 13.3 Å². The zero-order valence-electron chi connectivity index (χ0n) is 6.32. The van der Waals surface area contributed by atoms with Gasteiger partial charge in [0.05, 0.1) is 4.83 Å². The highest BCUT2D eigenvalue weighted by molar-refractivity contribution is 9.10. The second-order valence-corrected chi connectivity index (χ2v) is 4.41. The molecule has 2 unspecified atom stereocenters. The first kappa shape index (κ1) is 11.7. The molecule has 66 valence electrons. The van der Waals surface area contributed by atoms with E-state index >= 15 is 0 Å². The number of halogens is 3. The minimum absolute atomic E-state index is 0.0939. The van der Waals surface area contributed by atoms with E-state index in [1.165, 1.54) is 0 Å². The summed E-state index contributed by atoms with van der Waals surface area (Å²) in [5.74, 6) is 0.897. The highest BCUT2D eigenvalue weighted by Gasteiger charge is 2.20. The average molecular weight is 262 g/mol. The number of carbonyl (C=O) groups excluding carboxylic acids is 1. The van der Waals surface area contributed by atoms with Crippen molar-refractivity contribution in [1.82, 2.24) is 0 Å². The van der Waals surface area contributed by atoms with Crippen LogP contribution in [0.3, 0.4) is 0 Å². The molecular formula is C7H11BrCl2O. The van der Waals surface area contributed by atoms with Crippen LogP contribution in [0.5, 0.6) is 0 Å². The van der Waals surface area contributed by atoms with E-state index in [1.807, 2.05) is 0 Å². The standard InChI is InChI=1S/C7H11BrCl2O/c1-5(8)7(11)6(4-10)2-3-9/h5-6H,2-4H2,1H3. The summed E-state index contributed by atoms with van der Waals surface area (Å²) in [5.41, 5.74) is 0. The fourth-order valence-corrected chi connectivity index (χ4v) is 1.70. The van der Waals surface area contributed by atoms with Crippen molar-refractivity contribution in [3.63, 3.8) is 0 Å². The van der Waals surface area contributed by atoms with E-state index in [9.17, 15) is 4.79 Å². The maximum atomic E-state index is 11.3. The van der Waals surface area contributed by atoms with Crippen molar-refractivity contribution in [2.45, 2.75) is 18.2 Å². The van der Waals surface area contributed by atoms with Crippen LogP contribution in [-0.4, -0.2) is 22.4 Å². The summed E-state index contributed by atoms with van der Waals surface area (Å²) in [6.07, 6.45) is 0.666. The number of carbonyl (C=O) groups is 1. The maximum Gasteiger partial charge on any atom is 0.150 e. The lowest BCUT2D eigenvalue weighted by atomic mass is 10.0. The van der Waals surface area contributed by atoms with Gasteiger partial charge in [0, 0.05) is 17.7 Å². The minimum atomic E-state index is -0.116. The molecule has 0 aliphatic carbocycles. The lowest BCUT2D eigenvalue weighted by molar-refractivity contribution is -0.121. The lowest BCUT2D eigenvalue weighted by Gasteiger charge is -2.11. The smallest absolute Gasteiger partial charge is 0.150 e. The van der Waals surface area contributed by atoms with Gasteiger partial charge in [-0.3, -0.25) is 4.79 Å². The van der Waals surface area contributed by atoms with Crippen molar-refractivity contribution < 1.29 is 4.79 Å². The van der Waals surface area contributed by atoms with E-state index in [4.69, 9.17) is 23.2 Å².